The summed E-state index contributed by atoms with van der Waals surface area (Å²) in [6.07, 6.45) is -4.04. The number of urea groups is 1. The standard InChI is InChI=1S/C47H57F5N3O8/c1-7-61-41(56)24-15-27-55(28-16-25-42(57)62-8-2,29-17-26-43(58)63-9-3)39(34-18-11-10-12-19-34)31-54-33(5)44(35-20-13-23-40(60-6)45(35)49)32(4)53(46(54)59)30-36-37(47(50,51)52)21-14-22-38(36)48/h10-14,18-23,39H,5,7-9,15-17,24-31H2,1-4,6H3/q+1/t39-/m0/s1. The van der Waals surface area contributed by atoms with E-state index < -0.39 is 65.5 Å². The number of carbonyl (C=O) groups is 4. The molecular formula is C47H57F5N3O8+. The molecule has 0 N–H and O–H groups in total. The van der Waals surface area contributed by atoms with E-state index in [9.17, 15) is 27.6 Å². The number of carbonyl (C=O) groups excluding carboxylic acids is 4. The van der Waals surface area contributed by atoms with Gasteiger partial charge >= 0.3 is 30.1 Å². The van der Waals surface area contributed by atoms with E-state index in [0.717, 1.165) is 23.1 Å². The molecule has 0 radical (unpaired) electrons. The average Bonchev–Trinajstić information content (AvgIpc) is 3.23. The van der Waals surface area contributed by atoms with Gasteiger partial charge in [0.1, 0.15) is 11.9 Å². The van der Waals surface area contributed by atoms with Gasteiger partial charge in [-0.05, 0) is 45.9 Å². The lowest BCUT2D eigenvalue weighted by atomic mass is 9.94. The first-order valence-corrected chi connectivity index (χ1v) is 21.1. The molecule has 0 unspecified atom stereocenters. The SMILES string of the molecule is C=C1C(c2cccc(OC)c2F)=C(C)N(Cc2c(F)cccc2C(F)(F)F)C(=O)N1C[C@@H](c1ccccc1)[N+](CCCC(=O)OCC)(CCCC(=O)OCC)CCCC(=O)OCC. The number of amides is 2. The zero-order valence-corrected chi connectivity index (χ0v) is 36.5. The van der Waals surface area contributed by atoms with Gasteiger partial charge in [-0.1, -0.05) is 55.1 Å². The van der Waals surface area contributed by atoms with Crippen molar-refractivity contribution in [3.8, 4) is 5.75 Å². The van der Waals surface area contributed by atoms with Gasteiger partial charge < -0.3 is 23.4 Å². The second kappa shape index (κ2) is 23.1. The fourth-order valence-corrected chi connectivity index (χ4v) is 8.17. The molecule has 0 bridgehead atoms. The molecule has 0 aliphatic carbocycles. The molecule has 1 aliphatic heterocycles. The van der Waals surface area contributed by atoms with Crippen molar-refractivity contribution in [1.82, 2.24) is 9.80 Å². The number of halogens is 5. The van der Waals surface area contributed by atoms with Crippen molar-refractivity contribution in [3.05, 3.63) is 119 Å². The maximum Gasteiger partial charge on any atom is 0.416 e. The van der Waals surface area contributed by atoms with Crippen molar-refractivity contribution in [2.45, 2.75) is 85.0 Å². The summed E-state index contributed by atoms with van der Waals surface area (Å²) in [5.41, 5.74) is -1.36. The van der Waals surface area contributed by atoms with Crippen LogP contribution in [0.4, 0.5) is 26.7 Å². The van der Waals surface area contributed by atoms with Gasteiger partial charge in [0.2, 0.25) is 0 Å². The number of esters is 3. The quantitative estimate of drug-likeness (QED) is 0.0401. The van der Waals surface area contributed by atoms with Gasteiger partial charge in [0.25, 0.3) is 0 Å². The molecule has 63 heavy (non-hydrogen) atoms. The predicted octanol–water partition coefficient (Wildman–Crippen LogP) is 9.76. The van der Waals surface area contributed by atoms with Crippen molar-refractivity contribution < 1.29 is 64.6 Å². The Morgan fingerprint density at radius 3 is 1.76 bits per heavy atom. The summed E-state index contributed by atoms with van der Waals surface area (Å²) in [5.74, 6) is -3.47. The zero-order chi connectivity index (χ0) is 46.3. The van der Waals surface area contributed by atoms with Crippen molar-refractivity contribution in [2.24, 2.45) is 0 Å². The van der Waals surface area contributed by atoms with E-state index in [1.165, 1.54) is 37.1 Å². The molecular weight excluding hydrogens is 830 g/mol. The maximum atomic E-state index is 16.3. The Bertz CT molecular complexity index is 2050. The number of allylic oxidation sites excluding steroid dienone is 2. The molecule has 16 heteroatoms. The number of nitrogens with zero attached hydrogens (tertiary/aromatic N) is 3. The van der Waals surface area contributed by atoms with Crippen LogP contribution >= 0.6 is 0 Å². The van der Waals surface area contributed by atoms with Crippen LogP contribution in [-0.4, -0.2) is 91.3 Å². The second-order valence-corrected chi connectivity index (χ2v) is 15.0. The van der Waals surface area contributed by atoms with E-state index in [4.69, 9.17) is 18.9 Å². The molecule has 1 heterocycles. The van der Waals surface area contributed by atoms with Gasteiger partial charge in [-0.15, -0.1) is 0 Å². The third-order valence-electron chi connectivity index (χ3n) is 11.1. The smallest absolute Gasteiger partial charge is 0.416 e. The molecule has 0 saturated carbocycles. The number of benzene rings is 3. The van der Waals surface area contributed by atoms with Crippen LogP contribution in [0.3, 0.4) is 0 Å². The zero-order valence-electron chi connectivity index (χ0n) is 36.5. The Kier molecular flexibility index (Phi) is 18.3. The Morgan fingerprint density at radius 1 is 0.746 bits per heavy atom. The topological polar surface area (TPSA) is 112 Å². The van der Waals surface area contributed by atoms with Gasteiger partial charge in [-0.3, -0.25) is 24.2 Å². The summed E-state index contributed by atoms with van der Waals surface area (Å²) in [6, 6.07) is 14.3. The number of ether oxygens (including phenoxy) is 4. The van der Waals surface area contributed by atoms with E-state index in [1.807, 2.05) is 12.1 Å². The largest absolute Gasteiger partial charge is 0.494 e. The fourth-order valence-electron chi connectivity index (χ4n) is 8.17. The minimum atomic E-state index is -4.98. The van der Waals surface area contributed by atoms with Gasteiger partial charge in [-0.25, -0.2) is 13.6 Å². The second-order valence-electron chi connectivity index (χ2n) is 15.0. The van der Waals surface area contributed by atoms with E-state index >= 15 is 13.6 Å². The summed E-state index contributed by atoms with van der Waals surface area (Å²) in [4.78, 5) is 55.5. The molecule has 0 saturated heterocycles. The maximum absolute atomic E-state index is 16.3. The van der Waals surface area contributed by atoms with E-state index in [-0.39, 0.29) is 117 Å². The van der Waals surface area contributed by atoms with Gasteiger partial charge in [0, 0.05) is 52.9 Å². The van der Waals surface area contributed by atoms with Gasteiger partial charge in [-0.2, -0.15) is 13.2 Å². The first-order chi connectivity index (χ1) is 30.0. The van der Waals surface area contributed by atoms with Crippen molar-refractivity contribution in [2.75, 3.05) is 53.1 Å². The number of quaternary nitrogens is 1. The Labute approximate surface area is 365 Å². The molecule has 1 aliphatic rings. The number of alkyl halides is 3. The van der Waals surface area contributed by atoms with E-state index in [2.05, 4.69) is 6.58 Å². The average molecular weight is 887 g/mol. The van der Waals surface area contributed by atoms with Crippen LogP contribution in [0.5, 0.6) is 5.75 Å². The van der Waals surface area contributed by atoms with Crippen LogP contribution in [0, 0.1) is 11.6 Å². The predicted molar refractivity (Wildman–Crippen MR) is 225 cm³/mol. The lowest BCUT2D eigenvalue weighted by molar-refractivity contribution is -0.957. The minimum absolute atomic E-state index is 0.00841. The summed E-state index contributed by atoms with van der Waals surface area (Å²) in [6.45, 7) is 11.0. The Balaban J connectivity index is 1.97. The lowest BCUT2D eigenvalue weighted by Gasteiger charge is -2.48. The van der Waals surface area contributed by atoms with Crippen LogP contribution in [-0.2, 0) is 41.3 Å². The highest BCUT2D eigenvalue weighted by atomic mass is 19.4. The number of methoxy groups -OCH3 is 1. The Hall–Kier alpha value is -5.77. The first kappa shape index (κ1) is 49.9. The normalized spacial score (nSPS) is 13.9. The van der Waals surface area contributed by atoms with Crippen LogP contribution in [0.25, 0.3) is 5.57 Å². The molecule has 2 amide bonds. The molecule has 11 nitrogen and oxygen atoms in total. The first-order valence-electron chi connectivity index (χ1n) is 21.1. The van der Waals surface area contributed by atoms with Gasteiger partial charge in [0.05, 0.1) is 84.5 Å². The molecule has 1 atom stereocenters. The van der Waals surface area contributed by atoms with Crippen LogP contribution in [0.15, 0.2) is 84.7 Å². The van der Waals surface area contributed by atoms with Crippen molar-refractivity contribution >= 4 is 29.5 Å². The third-order valence-corrected chi connectivity index (χ3v) is 11.1. The highest BCUT2D eigenvalue weighted by molar-refractivity contribution is 5.93. The minimum Gasteiger partial charge on any atom is -0.494 e. The summed E-state index contributed by atoms with van der Waals surface area (Å²) < 4.78 is 96.2. The van der Waals surface area contributed by atoms with Crippen LogP contribution in [0.2, 0.25) is 0 Å². The molecule has 3 aromatic rings. The van der Waals surface area contributed by atoms with E-state index in [0.29, 0.717) is 5.56 Å². The molecule has 0 aromatic heterocycles. The fraction of sp³-hybridized carbons (Fsp3) is 0.447. The van der Waals surface area contributed by atoms with Gasteiger partial charge in [0.15, 0.2) is 11.6 Å². The molecule has 3 aromatic carbocycles. The van der Waals surface area contributed by atoms with Crippen molar-refractivity contribution in [1.29, 1.82) is 0 Å². The highest BCUT2D eigenvalue weighted by Gasteiger charge is 2.45. The van der Waals surface area contributed by atoms with E-state index in [1.54, 1.807) is 39.0 Å². The van der Waals surface area contributed by atoms with Crippen LogP contribution in [0.1, 0.15) is 94.5 Å². The van der Waals surface area contributed by atoms with Crippen molar-refractivity contribution in [3.63, 3.8) is 0 Å². The number of hydrogen-bond donors (Lipinski definition) is 0. The monoisotopic (exact) mass is 886 g/mol. The molecule has 4 rings (SSSR count). The van der Waals surface area contributed by atoms with Crippen LogP contribution < -0.4 is 4.74 Å². The molecule has 342 valence electrons. The summed E-state index contributed by atoms with van der Waals surface area (Å²) in [7, 11) is 1.27. The lowest BCUT2D eigenvalue weighted by Crippen LogP contribution is -2.57. The third kappa shape index (κ3) is 12.7. The number of rotatable bonds is 23. The number of hydrogen-bond acceptors (Lipinski definition) is 8. The summed E-state index contributed by atoms with van der Waals surface area (Å²) in [5, 5.41) is 0. The molecule has 0 fully saturated rings. The summed E-state index contributed by atoms with van der Waals surface area (Å²) >= 11 is 0. The molecule has 0 spiro atoms. The highest BCUT2D eigenvalue weighted by Crippen LogP contribution is 2.43. The Morgan fingerprint density at radius 2 is 1.27 bits per heavy atom.